The van der Waals surface area contributed by atoms with Gasteiger partial charge in [-0.3, -0.25) is 14.9 Å². The topological polar surface area (TPSA) is 85.1 Å². The second kappa shape index (κ2) is 6.48. The third-order valence-corrected chi connectivity index (χ3v) is 4.46. The number of non-ortho nitro benzene ring substituents is 1. The number of amides is 1. The molecule has 108 valence electrons. The fraction of sp³-hybridized carbons (Fsp3) is 0.0769. The molecule has 2 rings (SSSR count). The third kappa shape index (κ3) is 3.76. The van der Waals surface area contributed by atoms with Crippen molar-refractivity contribution >= 4 is 55.9 Å². The summed E-state index contributed by atoms with van der Waals surface area (Å²) >= 11 is 5.29. The fourth-order valence-corrected chi connectivity index (χ4v) is 2.39. The van der Waals surface area contributed by atoms with Gasteiger partial charge in [0.2, 0.25) is 0 Å². The highest BCUT2D eigenvalue weighted by Gasteiger charge is 2.16. The van der Waals surface area contributed by atoms with Gasteiger partial charge in [-0.1, -0.05) is 0 Å². The summed E-state index contributed by atoms with van der Waals surface area (Å²) in [4.78, 5) is 26.5. The van der Waals surface area contributed by atoms with Crippen molar-refractivity contribution in [2.45, 2.75) is 6.92 Å². The van der Waals surface area contributed by atoms with Crippen LogP contribution in [-0.2, 0) is 0 Å². The number of nitro groups is 1. The zero-order valence-corrected chi connectivity index (χ0v) is 14.5. The average Bonchev–Trinajstić information content (AvgIpc) is 2.43. The van der Waals surface area contributed by atoms with Crippen molar-refractivity contribution in [2.24, 2.45) is 0 Å². The van der Waals surface area contributed by atoms with Crippen LogP contribution in [0.2, 0.25) is 0 Å². The largest absolute Gasteiger partial charge is 0.307 e. The molecule has 0 radical (unpaired) electrons. The van der Waals surface area contributed by atoms with Crippen molar-refractivity contribution in [2.75, 3.05) is 5.32 Å². The van der Waals surface area contributed by atoms with Crippen LogP contribution in [0.3, 0.4) is 0 Å². The Labute approximate surface area is 142 Å². The number of anilines is 1. The van der Waals surface area contributed by atoms with Crippen molar-refractivity contribution in [1.29, 1.82) is 0 Å². The first-order chi connectivity index (χ1) is 9.88. The minimum Gasteiger partial charge on any atom is -0.307 e. The van der Waals surface area contributed by atoms with Crippen molar-refractivity contribution in [1.82, 2.24) is 4.98 Å². The summed E-state index contributed by atoms with van der Waals surface area (Å²) in [5.41, 5.74) is 1.04. The summed E-state index contributed by atoms with van der Waals surface area (Å²) in [7, 11) is 0. The lowest BCUT2D eigenvalue weighted by Gasteiger charge is -2.07. The van der Waals surface area contributed by atoms with E-state index in [0.717, 1.165) is 10.0 Å². The van der Waals surface area contributed by atoms with Crippen LogP contribution in [0.4, 0.5) is 11.5 Å². The Morgan fingerprint density at radius 3 is 2.76 bits per heavy atom. The van der Waals surface area contributed by atoms with E-state index >= 15 is 0 Å². The van der Waals surface area contributed by atoms with Crippen LogP contribution in [0.15, 0.2) is 34.9 Å². The SMILES string of the molecule is Cc1cc(NC(=O)c2cc([N+](=O)[O-])ccc2I)ncc1Br. The zero-order valence-electron chi connectivity index (χ0n) is 10.8. The van der Waals surface area contributed by atoms with Crippen LogP contribution in [0.1, 0.15) is 15.9 Å². The van der Waals surface area contributed by atoms with Gasteiger partial charge < -0.3 is 5.32 Å². The smallest absolute Gasteiger partial charge is 0.270 e. The van der Waals surface area contributed by atoms with Gasteiger partial charge in [0, 0.05) is 26.4 Å². The molecule has 0 bridgehead atoms. The Morgan fingerprint density at radius 1 is 1.43 bits per heavy atom. The Kier molecular flexibility index (Phi) is 4.88. The second-order valence-corrected chi connectivity index (χ2v) is 6.21. The number of halogens is 2. The van der Waals surface area contributed by atoms with Gasteiger partial charge in [-0.25, -0.2) is 4.98 Å². The molecule has 1 amide bonds. The van der Waals surface area contributed by atoms with E-state index in [9.17, 15) is 14.9 Å². The number of nitro benzene ring substituents is 1. The van der Waals surface area contributed by atoms with Gasteiger partial charge in [-0.15, -0.1) is 0 Å². The highest BCUT2D eigenvalue weighted by atomic mass is 127. The van der Waals surface area contributed by atoms with Crippen LogP contribution in [-0.4, -0.2) is 15.8 Å². The number of carbonyl (C=O) groups excluding carboxylic acids is 1. The second-order valence-electron chi connectivity index (χ2n) is 4.19. The van der Waals surface area contributed by atoms with Crippen molar-refractivity contribution in [3.63, 3.8) is 0 Å². The lowest BCUT2D eigenvalue weighted by Crippen LogP contribution is -2.14. The maximum absolute atomic E-state index is 12.2. The number of nitrogens with one attached hydrogen (secondary N) is 1. The molecular weight excluding hydrogens is 453 g/mol. The van der Waals surface area contributed by atoms with Crippen LogP contribution in [0.25, 0.3) is 0 Å². The number of carbonyl (C=O) groups is 1. The van der Waals surface area contributed by atoms with Gasteiger partial charge in [0.15, 0.2) is 0 Å². The zero-order chi connectivity index (χ0) is 15.6. The molecule has 0 aliphatic carbocycles. The Bertz CT molecular complexity index is 737. The minimum atomic E-state index is -0.533. The first-order valence-electron chi connectivity index (χ1n) is 5.76. The summed E-state index contributed by atoms with van der Waals surface area (Å²) < 4.78 is 1.47. The van der Waals surface area contributed by atoms with E-state index in [-0.39, 0.29) is 11.3 Å². The van der Waals surface area contributed by atoms with E-state index in [1.165, 1.54) is 18.2 Å². The monoisotopic (exact) mass is 461 g/mol. The number of aromatic nitrogens is 1. The predicted octanol–water partition coefficient (Wildman–Crippen LogP) is 3.92. The summed E-state index contributed by atoms with van der Waals surface area (Å²) in [6.07, 6.45) is 1.59. The van der Waals surface area contributed by atoms with E-state index < -0.39 is 10.8 Å². The maximum Gasteiger partial charge on any atom is 0.270 e. The van der Waals surface area contributed by atoms with Gasteiger partial charge in [-0.05, 0) is 63.1 Å². The van der Waals surface area contributed by atoms with Crippen molar-refractivity contribution < 1.29 is 9.72 Å². The lowest BCUT2D eigenvalue weighted by molar-refractivity contribution is -0.384. The molecule has 0 saturated heterocycles. The van der Waals surface area contributed by atoms with E-state index in [0.29, 0.717) is 9.39 Å². The highest BCUT2D eigenvalue weighted by molar-refractivity contribution is 14.1. The van der Waals surface area contributed by atoms with Crippen LogP contribution in [0, 0.1) is 20.6 Å². The van der Waals surface area contributed by atoms with Gasteiger partial charge in [0.1, 0.15) is 5.82 Å². The molecule has 8 heteroatoms. The van der Waals surface area contributed by atoms with Gasteiger partial charge in [0.25, 0.3) is 11.6 Å². The molecule has 1 heterocycles. The predicted molar refractivity (Wildman–Crippen MR) is 90.4 cm³/mol. The molecule has 1 aromatic heterocycles. The summed E-state index contributed by atoms with van der Waals surface area (Å²) in [5.74, 6) is -0.0414. The van der Waals surface area contributed by atoms with Crippen molar-refractivity contribution in [3.05, 3.63) is 59.7 Å². The number of hydrogen-bond acceptors (Lipinski definition) is 4. The number of benzene rings is 1. The molecule has 6 nitrogen and oxygen atoms in total. The molecule has 0 aliphatic rings. The molecule has 0 aliphatic heterocycles. The first-order valence-corrected chi connectivity index (χ1v) is 7.63. The van der Waals surface area contributed by atoms with E-state index in [1.54, 1.807) is 12.3 Å². The van der Waals surface area contributed by atoms with Crippen LogP contribution in [0.5, 0.6) is 0 Å². The number of pyridine rings is 1. The first kappa shape index (κ1) is 15.8. The normalized spacial score (nSPS) is 10.2. The van der Waals surface area contributed by atoms with Gasteiger partial charge in [-0.2, -0.15) is 0 Å². The average molecular weight is 462 g/mol. The molecule has 21 heavy (non-hydrogen) atoms. The van der Waals surface area contributed by atoms with Gasteiger partial charge >= 0.3 is 0 Å². The summed E-state index contributed by atoms with van der Waals surface area (Å²) in [6.45, 7) is 1.87. The van der Waals surface area contributed by atoms with Crippen LogP contribution < -0.4 is 5.32 Å². The highest BCUT2D eigenvalue weighted by Crippen LogP contribution is 2.22. The lowest BCUT2D eigenvalue weighted by atomic mass is 10.2. The van der Waals surface area contributed by atoms with Crippen molar-refractivity contribution in [3.8, 4) is 0 Å². The Morgan fingerprint density at radius 2 is 2.14 bits per heavy atom. The number of hydrogen-bond donors (Lipinski definition) is 1. The molecule has 1 N–H and O–H groups in total. The molecule has 0 fully saturated rings. The number of nitrogens with zero attached hydrogens (tertiary/aromatic N) is 2. The summed E-state index contributed by atoms with van der Waals surface area (Å²) in [6, 6.07) is 5.86. The molecule has 1 aromatic carbocycles. The third-order valence-electron chi connectivity index (χ3n) is 2.69. The minimum absolute atomic E-state index is 0.125. The number of aryl methyl sites for hydroxylation is 1. The quantitative estimate of drug-likeness (QED) is 0.426. The molecule has 0 saturated carbocycles. The standard InChI is InChI=1S/C13H9BrIN3O3/c1-7-4-12(16-6-10(7)14)17-13(19)9-5-8(18(20)21)2-3-11(9)15/h2-6H,1H3,(H,16,17,19). The molecule has 0 spiro atoms. The molecular formula is C13H9BrIN3O3. The summed E-state index contributed by atoms with van der Waals surface area (Å²) in [5, 5.41) is 13.4. The number of rotatable bonds is 3. The maximum atomic E-state index is 12.2. The fourth-order valence-electron chi connectivity index (χ4n) is 1.59. The van der Waals surface area contributed by atoms with E-state index in [4.69, 9.17) is 0 Å². The van der Waals surface area contributed by atoms with E-state index in [1.807, 2.05) is 29.5 Å². The van der Waals surface area contributed by atoms with Crippen LogP contribution >= 0.6 is 38.5 Å². The molecule has 0 unspecified atom stereocenters. The Balaban J connectivity index is 2.29. The molecule has 0 atom stereocenters. The van der Waals surface area contributed by atoms with Gasteiger partial charge in [0.05, 0.1) is 10.5 Å². The van der Waals surface area contributed by atoms with E-state index in [2.05, 4.69) is 26.2 Å². The Hall–Kier alpha value is -1.55. The molecule has 2 aromatic rings.